The number of carbonyl (C=O) groups is 2. The van der Waals surface area contributed by atoms with Gasteiger partial charge in [-0.15, -0.1) is 0 Å². The second-order valence-corrected chi connectivity index (χ2v) is 9.07. The van der Waals surface area contributed by atoms with Crippen molar-refractivity contribution in [3.63, 3.8) is 0 Å². The number of ether oxygens (including phenoxy) is 1. The number of aliphatic hydroxyl groups excluding tert-OH is 1. The minimum absolute atomic E-state index is 0.0908. The van der Waals surface area contributed by atoms with E-state index in [0.717, 1.165) is 22.0 Å². The van der Waals surface area contributed by atoms with Gasteiger partial charge in [0.1, 0.15) is 11.5 Å². The molecule has 1 saturated heterocycles. The van der Waals surface area contributed by atoms with Crippen molar-refractivity contribution < 1.29 is 19.4 Å². The molecule has 1 unspecified atom stereocenters. The predicted molar refractivity (Wildman–Crippen MR) is 136 cm³/mol. The monoisotopic (exact) mass is 519 g/mol. The average Bonchev–Trinajstić information content (AvgIpc) is 3.12. The second-order valence-electron chi connectivity index (χ2n) is 8.16. The Labute approximate surface area is 207 Å². The van der Waals surface area contributed by atoms with Gasteiger partial charge in [-0.2, -0.15) is 0 Å². The summed E-state index contributed by atoms with van der Waals surface area (Å²) in [5.74, 6) is -0.887. The summed E-state index contributed by atoms with van der Waals surface area (Å²) in [7, 11) is 0. The molecule has 1 fully saturated rings. The molecule has 34 heavy (non-hydrogen) atoms. The predicted octanol–water partition coefficient (Wildman–Crippen LogP) is 5.90. The minimum atomic E-state index is -0.683. The molecule has 5 nitrogen and oxygen atoms in total. The summed E-state index contributed by atoms with van der Waals surface area (Å²) in [5.41, 5.74) is 2.36. The number of amides is 1. The molecule has 0 bridgehead atoms. The summed E-state index contributed by atoms with van der Waals surface area (Å²) in [4.78, 5) is 27.9. The first-order valence-electron chi connectivity index (χ1n) is 11.3. The zero-order valence-corrected chi connectivity index (χ0v) is 20.5. The van der Waals surface area contributed by atoms with E-state index in [1.54, 1.807) is 29.2 Å². The van der Waals surface area contributed by atoms with E-state index >= 15 is 0 Å². The number of hydrogen-bond acceptors (Lipinski definition) is 4. The molecule has 0 aliphatic carbocycles. The summed E-state index contributed by atoms with van der Waals surface area (Å²) in [5, 5.41) is 11.3. The molecule has 174 valence electrons. The van der Waals surface area contributed by atoms with Gasteiger partial charge < -0.3 is 14.7 Å². The van der Waals surface area contributed by atoms with Crippen LogP contribution in [0.5, 0.6) is 5.75 Å². The van der Waals surface area contributed by atoms with Gasteiger partial charge in [-0.3, -0.25) is 9.59 Å². The van der Waals surface area contributed by atoms with Gasteiger partial charge in [0, 0.05) is 16.6 Å². The van der Waals surface area contributed by atoms with Gasteiger partial charge in [-0.25, -0.2) is 0 Å². The van der Waals surface area contributed by atoms with Crippen LogP contribution in [0.4, 0.5) is 0 Å². The highest BCUT2D eigenvalue weighted by Gasteiger charge is 2.45. The van der Waals surface area contributed by atoms with Crippen LogP contribution >= 0.6 is 15.9 Å². The fourth-order valence-corrected chi connectivity index (χ4v) is 4.37. The number of ketones is 1. The van der Waals surface area contributed by atoms with Crippen LogP contribution in [0.15, 0.2) is 88.9 Å². The van der Waals surface area contributed by atoms with E-state index in [-0.39, 0.29) is 11.3 Å². The third kappa shape index (κ3) is 5.07. The Bertz CT molecular complexity index is 1200. The summed E-state index contributed by atoms with van der Waals surface area (Å²) in [6.07, 6.45) is 1.45. The van der Waals surface area contributed by atoms with Crippen LogP contribution in [0.1, 0.15) is 36.1 Å². The van der Waals surface area contributed by atoms with E-state index in [2.05, 4.69) is 15.9 Å². The van der Waals surface area contributed by atoms with Gasteiger partial charge in [0.25, 0.3) is 11.7 Å². The Morgan fingerprint density at radius 1 is 1.00 bits per heavy atom. The highest BCUT2D eigenvalue weighted by Crippen LogP contribution is 2.40. The normalized spacial score (nSPS) is 17.2. The topological polar surface area (TPSA) is 66.8 Å². The van der Waals surface area contributed by atoms with Gasteiger partial charge in [0.05, 0.1) is 18.2 Å². The number of Topliss-reactive ketones (excluding diaryl/α,β-unsaturated/α-hetero) is 1. The Morgan fingerprint density at radius 3 is 2.44 bits per heavy atom. The number of rotatable bonds is 8. The maximum absolute atomic E-state index is 13.2. The Balaban J connectivity index is 1.75. The molecule has 4 rings (SSSR count). The molecule has 3 aromatic carbocycles. The van der Waals surface area contributed by atoms with Crippen LogP contribution in [-0.2, 0) is 16.0 Å². The lowest BCUT2D eigenvalue weighted by molar-refractivity contribution is -0.139. The fraction of sp³-hybridized carbons (Fsp3) is 0.214. The maximum Gasteiger partial charge on any atom is 0.295 e. The molecule has 6 heteroatoms. The van der Waals surface area contributed by atoms with Crippen molar-refractivity contribution in [1.82, 2.24) is 4.90 Å². The van der Waals surface area contributed by atoms with Crippen molar-refractivity contribution in [2.24, 2.45) is 0 Å². The van der Waals surface area contributed by atoms with E-state index in [9.17, 15) is 14.7 Å². The third-order valence-electron chi connectivity index (χ3n) is 5.79. The number of hydrogen-bond donors (Lipinski definition) is 1. The van der Waals surface area contributed by atoms with Gasteiger partial charge >= 0.3 is 0 Å². The molecule has 1 aliphatic rings. The number of carbonyl (C=O) groups excluding carboxylic acids is 2. The maximum atomic E-state index is 13.2. The number of likely N-dealkylation sites (tertiary alicyclic amines) is 1. The van der Waals surface area contributed by atoms with Crippen LogP contribution in [0.25, 0.3) is 5.76 Å². The van der Waals surface area contributed by atoms with Gasteiger partial charge in [-0.1, -0.05) is 77.5 Å². The van der Waals surface area contributed by atoms with E-state index < -0.39 is 17.7 Å². The van der Waals surface area contributed by atoms with Gasteiger partial charge in [-0.05, 0) is 48.2 Å². The number of halogens is 1. The van der Waals surface area contributed by atoms with E-state index in [0.29, 0.717) is 30.9 Å². The number of nitrogens with zero attached hydrogens (tertiary/aromatic N) is 1. The molecule has 0 saturated carbocycles. The van der Waals surface area contributed by atoms with Crippen molar-refractivity contribution >= 4 is 33.4 Å². The van der Waals surface area contributed by atoms with Crippen molar-refractivity contribution in [3.8, 4) is 5.75 Å². The van der Waals surface area contributed by atoms with Crippen molar-refractivity contribution in [3.05, 3.63) is 106 Å². The zero-order chi connectivity index (χ0) is 24.1. The molecule has 0 radical (unpaired) electrons. The third-order valence-corrected chi connectivity index (χ3v) is 6.32. The first-order valence-corrected chi connectivity index (χ1v) is 12.1. The molecule has 1 heterocycles. The molecule has 1 atom stereocenters. The SMILES string of the molecule is CCCOc1cccc(/C(O)=C2\C(=O)C(=O)N(CCc3ccccc3)C2c2ccc(Br)cc2)c1. The summed E-state index contributed by atoms with van der Waals surface area (Å²) in [6.45, 7) is 2.91. The van der Waals surface area contributed by atoms with Crippen molar-refractivity contribution in [1.29, 1.82) is 0 Å². The lowest BCUT2D eigenvalue weighted by Gasteiger charge is -2.25. The molecule has 1 aliphatic heterocycles. The lowest BCUT2D eigenvalue weighted by atomic mass is 9.95. The smallest absolute Gasteiger partial charge is 0.295 e. The molecule has 1 amide bonds. The molecule has 1 N–H and O–H groups in total. The Morgan fingerprint density at radius 2 is 1.74 bits per heavy atom. The van der Waals surface area contributed by atoms with Gasteiger partial charge in [0.15, 0.2) is 0 Å². The van der Waals surface area contributed by atoms with E-state index in [1.165, 1.54) is 0 Å². The van der Waals surface area contributed by atoms with Crippen LogP contribution in [0.2, 0.25) is 0 Å². The quantitative estimate of drug-likeness (QED) is 0.228. The van der Waals surface area contributed by atoms with Crippen molar-refractivity contribution in [2.45, 2.75) is 25.8 Å². The first kappa shape index (κ1) is 23.8. The average molecular weight is 520 g/mol. The van der Waals surface area contributed by atoms with Crippen LogP contribution in [0, 0.1) is 0 Å². The number of aliphatic hydroxyl groups is 1. The highest BCUT2D eigenvalue weighted by atomic mass is 79.9. The summed E-state index contributed by atoms with van der Waals surface area (Å²) >= 11 is 3.44. The molecular formula is C28H26BrNO4. The minimum Gasteiger partial charge on any atom is -0.507 e. The fourth-order valence-electron chi connectivity index (χ4n) is 4.11. The second kappa shape index (κ2) is 10.7. The number of benzene rings is 3. The van der Waals surface area contributed by atoms with E-state index in [1.807, 2.05) is 61.5 Å². The van der Waals surface area contributed by atoms with E-state index in [4.69, 9.17) is 4.74 Å². The van der Waals surface area contributed by atoms with Crippen molar-refractivity contribution in [2.75, 3.05) is 13.2 Å². The molecule has 3 aromatic rings. The highest BCUT2D eigenvalue weighted by molar-refractivity contribution is 9.10. The molecular weight excluding hydrogens is 494 g/mol. The summed E-state index contributed by atoms with van der Waals surface area (Å²) < 4.78 is 6.58. The lowest BCUT2D eigenvalue weighted by Crippen LogP contribution is -2.31. The molecule has 0 aromatic heterocycles. The Hall–Kier alpha value is -3.38. The van der Waals surface area contributed by atoms with Crippen LogP contribution < -0.4 is 4.74 Å². The largest absolute Gasteiger partial charge is 0.507 e. The first-order chi connectivity index (χ1) is 16.5. The Kier molecular flexibility index (Phi) is 7.48. The molecule has 0 spiro atoms. The standard InChI is InChI=1S/C28H26BrNO4/c1-2-17-34-23-10-6-9-21(18-23)26(31)24-25(20-11-13-22(29)14-12-20)30(28(33)27(24)32)16-15-19-7-4-3-5-8-19/h3-14,18,25,31H,2,15-17H2,1H3/b26-24+. The van der Waals surface area contributed by atoms with Crippen LogP contribution in [-0.4, -0.2) is 34.8 Å². The van der Waals surface area contributed by atoms with Gasteiger partial charge in [0.2, 0.25) is 0 Å². The van der Waals surface area contributed by atoms with Crippen LogP contribution in [0.3, 0.4) is 0 Å². The summed E-state index contributed by atoms with van der Waals surface area (Å²) in [6, 6.07) is 23.6. The zero-order valence-electron chi connectivity index (χ0n) is 18.9.